The maximum absolute atomic E-state index is 11.4. The van der Waals surface area contributed by atoms with Crippen LogP contribution in [0.15, 0.2) is 24.3 Å². The number of hydrogen-bond acceptors (Lipinski definition) is 3. The van der Waals surface area contributed by atoms with Crippen molar-refractivity contribution in [3.8, 4) is 0 Å². The number of carboxylic acid groups (broad SMARTS) is 1. The summed E-state index contributed by atoms with van der Waals surface area (Å²) in [6.45, 7) is 6.49. The SMILES string of the molecule is CC(=O)N1CCN(c2ccc(C)cc2/C=C/C(=O)O)CC1. The van der Waals surface area contributed by atoms with Crippen molar-refractivity contribution >= 4 is 23.6 Å². The number of carbonyl (C=O) groups is 2. The highest BCUT2D eigenvalue weighted by Crippen LogP contribution is 2.24. The molecule has 1 amide bonds. The third-order valence-corrected chi connectivity index (χ3v) is 3.65. The van der Waals surface area contributed by atoms with Crippen LogP contribution in [-0.4, -0.2) is 48.1 Å². The molecular weight excluding hydrogens is 268 g/mol. The fraction of sp³-hybridized carbons (Fsp3) is 0.375. The summed E-state index contributed by atoms with van der Waals surface area (Å²) >= 11 is 0. The summed E-state index contributed by atoms with van der Waals surface area (Å²) in [5, 5.41) is 8.80. The minimum atomic E-state index is -0.955. The first-order valence-corrected chi connectivity index (χ1v) is 6.99. The molecule has 1 aromatic rings. The number of nitrogens with zero attached hydrogens (tertiary/aromatic N) is 2. The van der Waals surface area contributed by atoms with E-state index in [0.717, 1.165) is 36.0 Å². The van der Waals surface area contributed by atoms with Gasteiger partial charge in [-0.25, -0.2) is 4.79 Å². The molecule has 1 aromatic carbocycles. The topological polar surface area (TPSA) is 60.9 Å². The molecule has 0 aromatic heterocycles. The second-order valence-corrected chi connectivity index (χ2v) is 5.23. The lowest BCUT2D eigenvalue weighted by Gasteiger charge is -2.36. The van der Waals surface area contributed by atoms with Gasteiger partial charge in [0.1, 0.15) is 0 Å². The molecule has 0 bridgehead atoms. The smallest absolute Gasteiger partial charge is 0.328 e. The minimum absolute atomic E-state index is 0.101. The molecule has 112 valence electrons. The Bertz CT molecular complexity index is 573. The predicted octanol–water partition coefficient (Wildman–Crippen LogP) is 1.76. The molecule has 2 rings (SSSR count). The van der Waals surface area contributed by atoms with Crippen LogP contribution in [0.2, 0.25) is 0 Å². The van der Waals surface area contributed by atoms with Gasteiger partial charge in [0, 0.05) is 44.9 Å². The molecule has 1 N–H and O–H groups in total. The van der Waals surface area contributed by atoms with E-state index in [1.54, 1.807) is 13.0 Å². The summed E-state index contributed by atoms with van der Waals surface area (Å²) in [6, 6.07) is 6.01. The van der Waals surface area contributed by atoms with Crippen LogP contribution in [0, 0.1) is 6.92 Å². The molecule has 1 aliphatic rings. The van der Waals surface area contributed by atoms with Crippen molar-refractivity contribution in [1.29, 1.82) is 0 Å². The molecule has 0 radical (unpaired) electrons. The van der Waals surface area contributed by atoms with Crippen molar-refractivity contribution in [3.63, 3.8) is 0 Å². The van der Waals surface area contributed by atoms with Gasteiger partial charge < -0.3 is 14.9 Å². The molecule has 1 fully saturated rings. The molecule has 1 heterocycles. The van der Waals surface area contributed by atoms with Crippen LogP contribution in [0.3, 0.4) is 0 Å². The summed E-state index contributed by atoms with van der Waals surface area (Å²) in [6.07, 6.45) is 2.78. The number of rotatable bonds is 3. The van der Waals surface area contributed by atoms with E-state index >= 15 is 0 Å². The van der Waals surface area contributed by atoms with Crippen molar-refractivity contribution in [3.05, 3.63) is 35.4 Å². The highest BCUT2D eigenvalue weighted by Gasteiger charge is 2.20. The summed E-state index contributed by atoms with van der Waals surface area (Å²) in [7, 11) is 0. The number of anilines is 1. The quantitative estimate of drug-likeness (QED) is 0.861. The number of piperazine rings is 1. The first-order valence-electron chi connectivity index (χ1n) is 6.99. The fourth-order valence-corrected chi connectivity index (χ4v) is 2.52. The highest BCUT2D eigenvalue weighted by atomic mass is 16.4. The number of hydrogen-bond donors (Lipinski definition) is 1. The number of aliphatic carboxylic acids is 1. The van der Waals surface area contributed by atoms with Crippen LogP contribution in [0.1, 0.15) is 18.1 Å². The number of carboxylic acids is 1. The lowest BCUT2D eigenvalue weighted by Crippen LogP contribution is -2.48. The van der Waals surface area contributed by atoms with Gasteiger partial charge in [-0.05, 0) is 30.7 Å². The third kappa shape index (κ3) is 3.84. The second-order valence-electron chi connectivity index (χ2n) is 5.23. The van der Waals surface area contributed by atoms with Gasteiger partial charge in [0.25, 0.3) is 0 Å². The zero-order valence-corrected chi connectivity index (χ0v) is 12.4. The van der Waals surface area contributed by atoms with E-state index in [1.165, 1.54) is 0 Å². The largest absolute Gasteiger partial charge is 0.478 e. The van der Waals surface area contributed by atoms with E-state index in [2.05, 4.69) is 4.90 Å². The first kappa shape index (κ1) is 15.1. The molecule has 1 saturated heterocycles. The van der Waals surface area contributed by atoms with Gasteiger partial charge in [0.05, 0.1) is 0 Å². The summed E-state index contributed by atoms with van der Waals surface area (Å²) in [5.74, 6) is -0.853. The maximum Gasteiger partial charge on any atom is 0.328 e. The van der Waals surface area contributed by atoms with Gasteiger partial charge in [0.15, 0.2) is 0 Å². The van der Waals surface area contributed by atoms with Crippen molar-refractivity contribution in [2.45, 2.75) is 13.8 Å². The Balaban J connectivity index is 2.20. The van der Waals surface area contributed by atoms with Crippen LogP contribution in [-0.2, 0) is 9.59 Å². The summed E-state index contributed by atoms with van der Waals surface area (Å²) in [5.41, 5.74) is 3.00. The van der Waals surface area contributed by atoms with Gasteiger partial charge in [0.2, 0.25) is 5.91 Å². The minimum Gasteiger partial charge on any atom is -0.478 e. The second kappa shape index (κ2) is 6.43. The van der Waals surface area contributed by atoms with Crippen molar-refractivity contribution < 1.29 is 14.7 Å². The molecule has 5 heteroatoms. The lowest BCUT2D eigenvalue weighted by atomic mass is 10.1. The molecule has 1 aliphatic heterocycles. The van der Waals surface area contributed by atoms with Crippen LogP contribution in [0.4, 0.5) is 5.69 Å². The Kier molecular flexibility index (Phi) is 4.62. The molecule has 5 nitrogen and oxygen atoms in total. The Morgan fingerprint density at radius 1 is 1.19 bits per heavy atom. The molecule has 0 spiro atoms. The van der Waals surface area contributed by atoms with Gasteiger partial charge in [-0.15, -0.1) is 0 Å². The maximum atomic E-state index is 11.4. The van der Waals surface area contributed by atoms with Crippen LogP contribution < -0.4 is 4.90 Å². The molecule has 0 atom stereocenters. The van der Waals surface area contributed by atoms with E-state index < -0.39 is 5.97 Å². The standard InChI is InChI=1S/C16H20N2O3/c1-12-3-5-15(14(11-12)4-6-16(20)21)18-9-7-17(8-10-18)13(2)19/h3-6,11H,7-10H2,1-2H3,(H,20,21)/b6-4+. The highest BCUT2D eigenvalue weighted by molar-refractivity contribution is 5.87. The number of amides is 1. The lowest BCUT2D eigenvalue weighted by molar-refractivity contribution is -0.131. The van der Waals surface area contributed by atoms with E-state index in [4.69, 9.17) is 5.11 Å². The van der Waals surface area contributed by atoms with E-state index in [1.807, 2.05) is 30.0 Å². The summed E-state index contributed by atoms with van der Waals surface area (Å²) in [4.78, 5) is 26.1. The average molecular weight is 288 g/mol. The normalized spacial score (nSPS) is 15.5. The van der Waals surface area contributed by atoms with Crippen LogP contribution >= 0.6 is 0 Å². The molecular formula is C16H20N2O3. The zero-order chi connectivity index (χ0) is 15.4. The van der Waals surface area contributed by atoms with Gasteiger partial charge in [-0.3, -0.25) is 4.79 Å². The van der Waals surface area contributed by atoms with E-state index in [9.17, 15) is 9.59 Å². The van der Waals surface area contributed by atoms with Crippen molar-refractivity contribution in [1.82, 2.24) is 4.90 Å². The predicted molar refractivity (Wildman–Crippen MR) is 82.3 cm³/mol. The molecule has 0 saturated carbocycles. The van der Waals surface area contributed by atoms with Crippen LogP contribution in [0.5, 0.6) is 0 Å². The van der Waals surface area contributed by atoms with Crippen molar-refractivity contribution in [2.75, 3.05) is 31.1 Å². The number of aryl methyl sites for hydroxylation is 1. The molecule has 21 heavy (non-hydrogen) atoms. The summed E-state index contributed by atoms with van der Waals surface area (Å²) < 4.78 is 0. The Hall–Kier alpha value is -2.30. The fourth-order valence-electron chi connectivity index (χ4n) is 2.52. The Morgan fingerprint density at radius 2 is 1.86 bits per heavy atom. The van der Waals surface area contributed by atoms with E-state index in [-0.39, 0.29) is 5.91 Å². The van der Waals surface area contributed by atoms with Crippen LogP contribution in [0.25, 0.3) is 6.08 Å². The monoisotopic (exact) mass is 288 g/mol. The Morgan fingerprint density at radius 3 is 2.43 bits per heavy atom. The van der Waals surface area contributed by atoms with Gasteiger partial charge in [-0.1, -0.05) is 11.6 Å². The average Bonchev–Trinajstić information content (AvgIpc) is 2.45. The van der Waals surface area contributed by atoms with Gasteiger partial charge >= 0.3 is 5.97 Å². The van der Waals surface area contributed by atoms with E-state index in [0.29, 0.717) is 13.1 Å². The Labute approximate surface area is 124 Å². The third-order valence-electron chi connectivity index (χ3n) is 3.65. The number of carbonyl (C=O) groups excluding carboxylic acids is 1. The molecule has 0 aliphatic carbocycles. The number of benzene rings is 1. The van der Waals surface area contributed by atoms with Gasteiger partial charge in [-0.2, -0.15) is 0 Å². The zero-order valence-electron chi connectivity index (χ0n) is 12.4. The molecule has 0 unspecified atom stereocenters. The van der Waals surface area contributed by atoms with Crippen molar-refractivity contribution in [2.24, 2.45) is 0 Å². The first-order chi connectivity index (χ1) is 9.97.